The predicted molar refractivity (Wildman–Crippen MR) is 247 cm³/mol. The van der Waals surface area contributed by atoms with Crippen LogP contribution in [0.25, 0.3) is 31.9 Å². The van der Waals surface area contributed by atoms with Gasteiger partial charge in [0.2, 0.25) is 0 Å². The monoisotopic (exact) mass is 904 g/mol. The number of hydrogen-bond donors (Lipinski definition) is 0. The van der Waals surface area contributed by atoms with Gasteiger partial charge in [-0.05, 0) is 79.8 Å². The lowest BCUT2D eigenvalue weighted by atomic mass is 9.89. The zero-order valence-corrected chi connectivity index (χ0v) is 39.3. The van der Waals surface area contributed by atoms with Gasteiger partial charge in [-0.15, -0.1) is 22.7 Å². The van der Waals surface area contributed by atoms with Gasteiger partial charge in [-0.25, -0.2) is 0 Å². The molecule has 53 heavy (non-hydrogen) atoms. The number of thiophene rings is 2. The van der Waals surface area contributed by atoms with Crippen LogP contribution in [0.3, 0.4) is 0 Å². The van der Waals surface area contributed by atoms with E-state index in [1.807, 2.05) is 22.7 Å². The summed E-state index contributed by atoms with van der Waals surface area (Å²) in [4.78, 5) is 2.63. The molecule has 0 saturated heterocycles. The van der Waals surface area contributed by atoms with Gasteiger partial charge in [0.15, 0.2) is 0 Å². The van der Waals surface area contributed by atoms with Gasteiger partial charge in [0, 0.05) is 20.9 Å². The van der Waals surface area contributed by atoms with E-state index >= 15 is 0 Å². The summed E-state index contributed by atoms with van der Waals surface area (Å²) in [7, 11) is 0. The molecule has 2 nitrogen and oxygen atoms in total. The largest absolute Gasteiger partial charge is 0.172 e. The molecule has 3 heterocycles. The maximum absolute atomic E-state index is 4.91. The Bertz CT molecular complexity index is 1440. The summed E-state index contributed by atoms with van der Waals surface area (Å²) in [5.74, 6) is 1.54. The normalized spacial score (nSPS) is 13.0. The van der Waals surface area contributed by atoms with E-state index in [0.717, 1.165) is 22.9 Å². The molecule has 0 saturated carbocycles. The van der Waals surface area contributed by atoms with Crippen LogP contribution >= 0.6 is 66.3 Å². The topological polar surface area (TPSA) is 25.8 Å². The number of unbranched alkanes of at least 4 members (excludes halogenated alkanes) is 16. The SMILES string of the molecule is CCCCCCCCC(CCCCCC)Cc1cc(-c2ccc(-c3cc(CC(CCCCCC)CCCCCCCC)c(Br)s3)c3nsnc23)sc1Br. The van der Waals surface area contributed by atoms with Crippen molar-refractivity contribution in [2.75, 3.05) is 0 Å². The van der Waals surface area contributed by atoms with Crippen molar-refractivity contribution in [3.63, 3.8) is 0 Å². The van der Waals surface area contributed by atoms with Crippen molar-refractivity contribution >= 4 is 77.3 Å². The first-order valence-corrected chi connectivity index (χ1v) is 25.8. The van der Waals surface area contributed by atoms with Gasteiger partial charge in [-0.1, -0.05) is 194 Å². The average molecular weight is 907 g/mol. The van der Waals surface area contributed by atoms with Crippen LogP contribution in [0.1, 0.15) is 193 Å². The zero-order chi connectivity index (χ0) is 37.7. The van der Waals surface area contributed by atoms with Crippen molar-refractivity contribution in [1.82, 2.24) is 8.75 Å². The summed E-state index contributed by atoms with van der Waals surface area (Å²) in [5, 5.41) is 0. The summed E-state index contributed by atoms with van der Waals surface area (Å²) in [6.07, 6.45) is 35.2. The summed E-state index contributed by atoms with van der Waals surface area (Å²) in [5.41, 5.74) is 7.53. The van der Waals surface area contributed by atoms with Crippen LogP contribution in [0, 0.1) is 11.8 Å². The molecule has 0 spiro atoms. The fourth-order valence-corrected chi connectivity index (χ4v) is 12.1. The zero-order valence-electron chi connectivity index (χ0n) is 33.7. The third kappa shape index (κ3) is 15.3. The predicted octanol–water partition coefficient (Wildman–Crippen LogP) is 18.4. The highest BCUT2D eigenvalue weighted by atomic mass is 79.9. The number of nitrogens with zero attached hydrogens (tertiary/aromatic N) is 2. The summed E-state index contributed by atoms with van der Waals surface area (Å²) in [6.45, 7) is 9.26. The van der Waals surface area contributed by atoms with Gasteiger partial charge in [-0.3, -0.25) is 0 Å². The molecule has 2 unspecified atom stereocenters. The minimum absolute atomic E-state index is 0.772. The van der Waals surface area contributed by atoms with E-state index in [9.17, 15) is 0 Å². The first kappa shape index (κ1) is 45.1. The highest BCUT2D eigenvalue weighted by Crippen LogP contribution is 2.44. The van der Waals surface area contributed by atoms with Gasteiger partial charge >= 0.3 is 0 Å². The molecule has 0 radical (unpaired) electrons. The number of fused-ring (bicyclic) bond motifs is 1. The number of rotatable bonds is 30. The summed E-state index contributed by atoms with van der Waals surface area (Å²) < 4.78 is 12.4. The molecule has 0 amide bonds. The van der Waals surface area contributed by atoms with Crippen molar-refractivity contribution < 1.29 is 0 Å². The summed E-state index contributed by atoms with van der Waals surface area (Å²) >= 11 is 13.2. The second-order valence-electron chi connectivity index (χ2n) is 15.9. The molecule has 0 bridgehead atoms. The number of aromatic nitrogens is 2. The highest BCUT2D eigenvalue weighted by Gasteiger charge is 2.21. The Morgan fingerprint density at radius 1 is 0.472 bits per heavy atom. The van der Waals surface area contributed by atoms with Crippen LogP contribution in [-0.4, -0.2) is 8.75 Å². The lowest BCUT2D eigenvalue weighted by molar-refractivity contribution is 0.402. The van der Waals surface area contributed by atoms with E-state index in [2.05, 4.69) is 83.8 Å². The molecule has 1 aromatic carbocycles. The van der Waals surface area contributed by atoms with Crippen molar-refractivity contribution in [3.05, 3.63) is 43.0 Å². The first-order chi connectivity index (χ1) is 26.0. The minimum atomic E-state index is 0.772. The molecular weight excluding hydrogens is 837 g/mol. The fourth-order valence-electron chi connectivity index (χ4n) is 8.09. The second-order valence-corrected chi connectivity index (χ2v) is 21.2. The lowest BCUT2D eigenvalue weighted by Gasteiger charge is -2.17. The maximum Gasteiger partial charge on any atom is 0.114 e. The van der Waals surface area contributed by atoms with Crippen LogP contribution in [0.15, 0.2) is 31.8 Å². The molecule has 0 N–H and O–H groups in total. The van der Waals surface area contributed by atoms with Crippen molar-refractivity contribution in [2.24, 2.45) is 11.8 Å². The summed E-state index contributed by atoms with van der Waals surface area (Å²) in [6, 6.07) is 9.57. The van der Waals surface area contributed by atoms with E-state index in [4.69, 9.17) is 8.75 Å². The molecule has 0 aliphatic carbocycles. The number of benzene rings is 1. The Morgan fingerprint density at radius 3 is 1.15 bits per heavy atom. The van der Waals surface area contributed by atoms with E-state index < -0.39 is 0 Å². The molecule has 4 rings (SSSR count). The van der Waals surface area contributed by atoms with Gasteiger partial charge in [0.25, 0.3) is 0 Å². The van der Waals surface area contributed by atoms with Crippen LogP contribution < -0.4 is 0 Å². The Labute approximate surface area is 353 Å². The number of hydrogen-bond acceptors (Lipinski definition) is 5. The molecule has 2 atom stereocenters. The molecule has 0 aliphatic heterocycles. The van der Waals surface area contributed by atoms with E-state index in [-0.39, 0.29) is 0 Å². The Balaban J connectivity index is 1.47. The molecular formula is C46H70Br2N2S3. The van der Waals surface area contributed by atoms with Crippen LogP contribution in [0.5, 0.6) is 0 Å². The van der Waals surface area contributed by atoms with Crippen molar-refractivity contribution in [2.45, 2.75) is 195 Å². The van der Waals surface area contributed by atoms with Gasteiger partial charge in [0.05, 0.1) is 19.3 Å². The maximum atomic E-state index is 4.91. The third-order valence-corrected chi connectivity index (χ3v) is 15.9. The minimum Gasteiger partial charge on any atom is -0.172 e. The third-order valence-electron chi connectivity index (χ3n) is 11.3. The fraction of sp³-hybridized carbons (Fsp3) is 0.696. The van der Waals surface area contributed by atoms with Gasteiger partial charge in [-0.2, -0.15) is 8.75 Å². The molecule has 3 aromatic heterocycles. The second kappa shape index (κ2) is 26.3. The molecule has 0 fully saturated rings. The van der Waals surface area contributed by atoms with Crippen molar-refractivity contribution in [3.8, 4) is 20.9 Å². The highest BCUT2D eigenvalue weighted by molar-refractivity contribution is 9.11. The van der Waals surface area contributed by atoms with E-state index in [1.165, 1.54) is 218 Å². The van der Waals surface area contributed by atoms with Crippen LogP contribution in [-0.2, 0) is 12.8 Å². The quantitative estimate of drug-likeness (QED) is 0.0487. The standard InChI is InChI=1S/C46H70Br2N2S3/c1-5-9-13-17-19-23-27-35(25-21-15-11-7-3)31-37-33-41(51-45(37)47)39-29-30-40(44-43(39)49-53-50-44)42-34-38(46(48)52-42)32-36(26-22-16-12-8-4)28-24-20-18-14-10-6-2/h29-30,33-36H,5-28,31-32H2,1-4H3. The molecule has 296 valence electrons. The van der Waals surface area contributed by atoms with Crippen LogP contribution in [0.2, 0.25) is 0 Å². The molecule has 4 aromatic rings. The average Bonchev–Trinajstić information content (AvgIpc) is 3.89. The van der Waals surface area contributed by atoms with E-state index in [1.54, 1.807) is 0 Å². The Morgan fingerprint density at radius 2 is 0.792 bits per heavy atom. The molecule has 0 aliphatic rings. The number of halogens is 2. The first-order valence-electron chi connectivity index (χ1n) is 21.8. The smallest absolute Gasteiger partial charge is 0.114 e. The van der Waals surface area contributed by atoms with Crippen LogP contribution in [0.4, 0.5) is 0 Å². The lowest BCUT2D eigenvalue weighted by Crippen LogP contribution is -2.05. The van der Waals surface area contributed by atoms with Crippen molar-refractivity contribution in [1.29, 1.82) is 0 Å². The Kier molecular flexibility index (Phi) is 22.4. The van der Waals surface area contributed by atoms with Gasteiger partial charge < -0.3 is 0 Å². The van der Waals surface area contributed by atoms with Gasteiger partial charge in [0.1, 0.15) is 11.0 Å². The molecule has 7 heteroatoms. The van der Waals surface area contributed by atoms with E-state index in [0.29, 0.717) is 0 Å². The Hall–Kier alpha value is -0.600.